The van der Waals surface area contributed by atoms with E-state index in [-0.39, 0.29) is 12.5 Å². The van der Waals surface area contributed by atoms with Crippen LogP contribution in [0, 0.1) is 6.92 Å². The van der Waals surface area contributed by atoms with Crippen molar-refractivity contribution in [3.8, 4) is 0 Å². The highest BCUT2D eigenvalue weighted by Crippen LogP contribution is 2.23. The highest BCUT2D eigenvalue weighted by molar-refractivity contribution is 5.77. The van der Waals surface area contributed by atoms with Gasteiger partial charge in [-0.1, -0.05) is 6.92 Å². The lowest BCUT2D eigenvalue weighted by Gasteiger charge is -2.28. The van der Waals surface area contributed by atoms with Crippen molar-refractivity contribution in [2.75, 3.05) is 26.8 Å². The predicted molar refractivity (Wildman–Crippen MR) is 97.7 cm³/mol. The fourth-order valence-electron chi connectivity index (χ4n) is 3.27. The van der Waals surface area contributed by atoms with Crippen molar-refractivity contribution in [2.24, 2.45) is 0 Å². The van der Waals surface area contributed by atoms with E-state index in [0.29, 0.717) is 12.5 Å². The van der Waals surface area contributed by atoms with E-state index in [1.165, 1.54) is 12.8 Å². The van der Waals surface area contributed by atoms with Crippen molar-refractivity contribution < 1.29 is 13.9 Å². The number of aryl methyl sites for hydroxylation is 1. The Morgan fingerprint density at radius 1 is 1.42 bits per heavy atom. The number of hydrogen-bond acceptors (Lipinski definition) is 5. The molecule has 2 aromatic rings. The van der Waals surface area contributed by atoms with Crippen LogP contribution in [0.5, 0.6) is 0 Å². The number of ether oxygens (including phenoxy) is 1. The van der Waals surface area contributed by atoms with Crippen LogP contribution in [0.1, 0.15) is 42.2 Å². The molecule has 1 aliphatic heterocycles. The lowest BCUT2D eigenvalue weighted by molar-refractivity contribution is -0.124. The van der Waals surface area contributed by atoms with Crippen LogP contribution in [-0.4, -0.2) is 47.4 Å². The van der Waals surface area contributed by atoms with E-state index >= 15 is 0 Å². The molecule has 0 aromatic carbocycles. The molecule has 26 heavy (non-hydrogen) atoms. The second kappa shape index (κ2) is 8.51. The third-order valence-electron chi connectivity index (χ3n) is 4.79. The van der Waals surface area contributed by atoms with Crippen molar-refractivity contribution in [1.82, 2.24) is 20.0 Å². The van der Waals surface area contributed by atoms with Gasteiger partial charge in [-0.05, 0) is 38.1 Å². The molecule has 1 N–H and O–H groups in total. The Morgan fingerprint density at radius 3 is 3.00 bits per heavy atom. The topological polar surface area (TPSA) is 72.5 Å². The van der Waals surface area contributed by atoms with E-state index in [1.807, 2.05) is 17.7 Å². The minimum Gasteiger partial charge on any atom is -0.466 e. The van der Waals surface area contributed by atoms with Crippen molar-refractivity contribution in [3.05, 3.63) is 41.1 Å². The minimum atomic E-state index is -0.123. The highest BCUT2D eigenvalue weighted by atomic mass is 16.5. The number of carbonyl (C=O) groups is 1. The van der Waals surface area contributed by atoms with Crippen molar-refractivity contribution in [1.29, 1.82) is 0 Å². The number of hydrogen-bond donors (Lipinski definition) is 1. The van der Waals surface area contributed by atoms with Crippen LogP contribution in [-0.2, 0) is 29.2 Å². The van der Waals surface area contributed by atoms with Gasteiger partial charge in [-0.2, -0.15) is 5.10 Å². The van der Waals surface area contributed by atoms with Gasteiger partial charge in [0.15, 0.2) is 0 Å². The number of nitrogens with one attached hydrogen (secondary N) is 1. The number of methoxy groups -OCH3 is 1. The molecular formula is C19H28N4O3. The smallest absolute Gasteiger partial charge is 0.246 e. The molecule has 0 fully saturated rings. The molecule has 142 valence electrons. The second-order valence-electron chi connectivity index (χ2n) is 6.97. The first-order chi connectivity index (χ1) is 12.5. The molecule has 0 aliphatic carbocycles. The molecule has 1 atom stereocenters. The Balaban J connectivity index is 1.49. The molecule has 0 radical (unpaired) electrons. The van der Waals surface area contributed by atoms with E-state index in [4.69, 9.17) is 9.15 Å². The van der Waals surface area contributed by atoms with Gasteiger partial charge in [-0.15, -0.1) is 0 Å². The normalized spacial score (nSPS) is 15.7. The zero-order valence-corrected chi connectivity index (χ0v) is 15.8. The minimum absolute atomic E-state index is 0.0781. The number of nitrogens with zero attached hydrogens (tertiary/aromatic N) is 3. The monoisotopic (exact) mass is 360 g/mol. The molecule has 1 amide bonds. The maximum absolute atomic E-state index is 11.5. The summed E-state index contributed by atoms with van der Waals surface area (Å²) in [6.45, 7) is 8.52. The summed E-state index contributed by atoms with van der Waals surface area (Å²) in [4.78, 5) is 13.9. The lowest BCUT2D eigenvalue weighted by atomic mass is 10.0. The first-order valence-corrected chi connectivity index (χ1v) is 9.15. The van der Waals surface area contributed by atoms with E-state index in [2.05, 4.69) is 34.4 Å². The van der Waals surface area contributed by atoms with Gasteiger partial charge in [-0.3, -0.25) is 14.4 Å². The lowest BCUT2D eigenvalue weighted by Crippen LogP contribution is -2.34. The number of aromatic nitrogens is 2. The molecule has 2 aromatic heterocycles. The molecule has 3 heterocycles. The maximum Gasteiger partial charge on any atom is 0.246 e. The molecule has 1 aliphatic rings. The number of rotatable bonds is 8. The maximum atomic E-state index is 11.5. The van der Waals surface area contributed by atoms with E-state index in [0.717, 1.165) is 49.8 Å². The van der Waals surface area contributed by atoms with Crippen LogP contribution in [0.4, 0.5) is 0 Å². The molecule has 1 unspecified atom stereocenters. The van der Waals surface area contributed by atoms with Crippen LogP contribution < -0.4 is 5.32 Å². The van der Waals surface area contributed by atoms with E-state index in [9.17, 15) is 4.79 Å². The summed E-state index contributed by atoms with van der Waals surface area (Å²) < 4.78 is 12.6. The summed E-state index contributed by atoms with van der Waals surface area (Å²) in [7, 11) is 1.51. The summed E-state index contributed by atoms with van der Waals surface area (Å²) in [6.07, 6.45) is 1.07. The molecule has 7 nitrogen and oxygen atoms in total. The molecule has 3 rings (SSSR count). The number of carbonyl (C=O) groups excluding carboxylic acids is 1. The van der Waals surface area contributed by atoms with Gasteiger partial charge in [0.25, 0.3) is 0 Å². The third kappa shape index (κ3) is 4.74. The second-order valence-corrected chi connectivity index (χ2v) is 6.97. The van der Waals surface area contributed by atoms with Gasteiger partial charge < -0.3 is 14.5 Å². The SMILES string of the molecule is COCC(=O)NCc1cc2n(n1)CCN(CCC(C)c1ccc(C)o1)C2. The van der Waals surface area contributed by atoms with Gasteiger partial charge >= 0.3 is 0 Å². The standard InChI is InChI=1S/C19H28N4O3/c1-14(18-5-4-15(2)26-18)6-7-22-8-9-23-17(12-22)10-16(21-23)11-20-19(24)13-25-3/h4-5,10,14H,6-9,11-13H2,1-3H3,(H,20,24). The molecule has 7 heteroatoms. The third-order valence-corrected chi connectivity index (χ3v) is 4.79. The summed E-state index contributed by atoms with van der Waals surface area (Å²) in [5.41, 5.74) is 2.10. The fourth-order valence-corrected chi connectivity index (χ4v) is 3.27. The Kier molecular flexibility index (Phi) is 6.11. The van der Waals surface area contributed by atoms with Gasteiger partial charge in [0.05, 0.1) is 24.5 Å². The average Bonchev–Trinajstić information content (AvgIpc) is 3.23. The number of furan rings is 1. The first-order valence-electron chi connectivity index (χ1n) is 9.15. The van der Waals surface area contributed by atoms with Crippen molar-refractivity contribution >= 4 is 5.91 Å². The molecule has 0 saturated heterocycles. The number of amides is 1. The Labute approximate surface area is 154 Å². The van der Waals surface area contributed by atoms with E-state index < -0.39 is 0 Å². The van der Waals surface area contributed by atoms with Gasteiger partial charge in [-0.25, -0.2) is 0 Å². The fraction of sp³-hybridized carbons (Fsp3) is 0.579. The van der Waals surface area contributed by atoms with Crippen LogP contribution >= 0.6 is 0 Å². The van der Waals surface area contributed by atoms with Crippen LogP contribution in [0.15, 0.2) is 22.6 Å². The molecule has 0 spiro atoms. The average molecular weight is 360 g/mol. The van der Waals surface area contributed by atoms with Crippen LogP contribution in [0.25, 0.3) is 0 Å². The molecular weight excluding hydrogens is 332 g/mol. The van der Waals surface area contributed by atoms with Gasteiger partial charge in [0, 0.05) is 26.1 Å². The molecule has 0 saturated carbocycles. The Bertz CT molecular complexity index is 737. The van der Waals surface area contributed by atoms with Crippen LogP contribution in [0.2, 0.25) is 0 Å². The predicted octanol–water partition coefficient (Wildman–Crippen LogP) is 2.06. The van der Waals surface area contributed by atoms with Crippen molar-refractivity contribution in [3.63, 3.8) is 0 Å². The van der Waals surface area contributed by atoms with Gasteiger partial charge in [0.2, 0.25) is 5.91 Å². The van der Waals surface area contributed by atoms with Crippen LogP contribution in [0.3, 0.4) is 0 Å². The Hall–Kier alpha value is -2.12. The van der Waals surface area contributed by atoms with Gasteiger partial charge in [0.1, 0.15) is 18.1 Å². The summed E-state index contributed by atoms with van der Waals surface area (Å²) in [6, 6.07) is 6.19. The zero-order valence-electron chi connectivity index (χ0n) is 15.8. The summed E-state index contributed by atoms with van der Waals surface area (Å²) >= 11 is 0. The van der Waals surface area contributed by atoms with E-state index in [1.54, 1.807) is 0 Å². The first kappa shape index (κ1) is 18.7. The Morgan fingerprint density at radius 2 is 2.27 bits per heavy atom. The quantitative estimate of drug-likeness (QED) is 0.780. The highest BCUT2D eigenvalue weighted by Gasteiger charge is 2.20. The summed E-state index contributed by atoms with van der Waals surface area (Å²) in [5.74, 6) is 2.34. The largest absolute Gasteiger partial charge is 0.466 e. The molecule has 0 bridgehead atoms. The van der Waals surface area contributed by atoms with Crippen molar-refractivity contribution in [2.45, 2.75) is 45.8 Å². The number of fused-ring (bicyclic) bond motifs is 1. The zero-order chi connectivity index (χ0) is 18.5. The summed E-state index contributed by atoms with van der Waals surface area (Å²) in [5, 5.41) is 7.40.